The number of nitrogens with zero attached hydrogens (tertiary/aromatic N) is 1. The topological polar surface area (TPSA) is 64.4 Å². The van der Waals surface area contributed by atoms with Gasteiger partial charge in [0.15, 0.2) is 0 Å². The normalized spacial score (nSPS) is 12.0. The van der Waals surface area contributed by atoms with Crippen molar-refractivity contribution in [1.29, 1.82) is 0 Å². The van der Waals surface area contributed by atoms with Crippen molar-refractivity contribution in [1.82, 2.24) is 5.32 Å². The Labute approximate surface area is 123 Å². The Hall–Kier alpha value is -2.40. The van der Waals surface area contributed by atoms with Crippen molar-refractivity contribution >= 4 is 5.69 Å². The second-order valence-electron chi connectivity index (χ2n) is 4.78. The standard InChI is InChI=1S/C16H18N2O3/c1-11(17-2)12-7-8-16(21-3)15(10-12)13-5-4-6-14(9-13)18(19)20/h4-11,17H,1-3H3. The van der Waals surface area contributed by atoms with E-state index in [0.717, 1.165) is 16.7 Å². The van der Waals surface area contributed by atoms with Crippen LogP contribution in [0.1, 0.15) is 18.5 Å². The summed E-state index contributed by atoms with van der Waals surface area (Å²) in [6, 6.07) is 12.6. The van der Waals surface area contributed by atoms with Gasteiger partial charge in [-0.05, 0) is 37.2 Å². The molecule has 0 aromatic heterocycles. The van der Waals surface area contributed by atoms with E-state index in [9.17, 15) is 10.1 Å². The minimum atomic E-state index is -0.393. The molecule has 0 bridgehead atoms. The Morgan fingerprint density at radius 2 is 2.00 bits per heavy atom. The summed E-state index contributed by atoms with van der Waals surface area (Å²) in [7, 11) is 3.49. The Morgan fingerprint density at radius 3 is 2.62 bits per heavy atom. The molecule has 21 heavy (non-hydrogen) atoms. The molecule has 0 aliphatic rings. The van der Waals surface area contributed by atoms with Gasteiger partial charge in [0.05, 0.1) is 12.0 Å². The first-order valence-corrected chi connectivity index (χ1v) is 6.67. The molecule has 2 aromatic rings. The molecule has 0 saturated heterocycles. The van der Waals surface area contributed by atoms with Crippen molar-refractivity contribution in [2.45, 2.75) is 13.0 Å². The molecular weight excluding hydrogens is 268 g/mol. The highest BCUT2D eigenvalue weighted by Gasteiger charge is 2.13. The Bertz CT molecular complexity index is 656. The Balaban J connectivity index is 2.55. The maximum Gasteiger partial charge on any atom is 0.270 e. The average molecular weight is 286 g/mol. The van der Waals surface area contributed by atoms with Crippen LogP contribution in [-0.4, -0.2) is 19.1 Å². The maximum atomic E-state index is 10.9. The molecule has 110 valence electrons. The van der Waals surface area contributed by atoms with E-state index in [-0.39, 0.29) is 11.7 Å². The fraction of sp³-hybridized carbons (Fsp3) is 0.250. The van der Waals surface area contributed by atoms with Crippen LogP contribution in [0, 0.1) is 10.1 Å². The highest BCUT2D eigenvalue weighted by Crippen LogP contribution is 2.34. The van der Waals surface area contributed by atoms with Crippen LogP contribution >= 0.6 is 0 Å². The molecule has 0 heterocycles. The van der Waals surface area contributed by atoms with E-state index in [1.54, 1.807) is 19.2 Å². The Morgan fingerprint density at radius 1 is 1.24 bits per heavy atom. The van der Waals surface area contributed by atoms with Crippen LogP contribution in [0.4, 0.5) is 5.69 Å². The van der Waals surface area contributed by atoms with Crippen LogP contribution in [0.5, 0.6) is 5.75 Å². The van der Waals surface area contributed by atoms with Gasteiger partial charge in [-0.15, -0.1) is 0 Å². The molecule has 2 rings (SSSR count). The van der Waals surface area contributed by atoms with Crippen molar-refractivity contribution in [3.05, 3.63) is 58.1 Å². The second kappa shape index (κ2) is 6.37. The van der Waals surface area contributed by atoms with E-state index in [1.807, 2.05) is 31.3 Å². The molecule has 0 aliphatic carbocycles. The molecule has 1 atom stereocenters. The first-order chi connectivity index (χ1) is 10.1. The third-order valence-corrected chi connectivity index (χ3v) is 3.52. The third kappa shape index (κ3) is 3.20. The van der Waals surface area contributed by atoms with Crippen molar-refractivity contribution in [3.8, 4) is 16.9 Å². The second-order valence-corrected chi connectivity index (χ2v) is 4.78. The molecule has 5 heteroatoms. The zero-order chi connectivity index (χ0) is 15.4. The first-order valence-electron chi connectivity index (χ1n) is 6.67. The summed E-state index contributed by atoms with van der Waals surface area (Å²) in [4.78, 5) is 10.5. The minimum absolute atomic E-state index is 0.0709. The molecule has 0 spiro atoms. The number of hydrogen-bond acceptors (Lipinski definition) is 4. The summed E-state index contributed by atoms with van der Waals surface area (Å²) in [5, 5.41) is 14.1. The van der Waals surface area contributed by atoms with Crippen LogP contribution in [0.3, 0.4) is 0 Å². The summed E-state index contributed by atoms with van der Waals surface area (Å²) in [6.07, 6.45) is 0. The van der Waals surface area contributed by atoms with E-state index in [1.165, 1.54) is 6.07 Å². The van der Waals surface area contributed by atoms with Crippen LogP contribution in [0.2, 0.25) is 0 Å². The smallest absolute Gasteiger partial charge is 0.270 e. The molecule has 1 unspecified atom stereocenters. The fourth-order valence-electron chi connectivity index (χ4n) is 2.17. The van der Waals surface area contributed by atoms with Gasteiger partial charge >= 0.3 is 0 Å². The van der Waals surface area contributed by atoms with Crippen molar-refractivity contribution in [2.75, 3.05) is 14.2 Å². The first kappa shape index (κ1) is 15.0. The maximum absolute atomic E-state index is 10.9. The van der Waals surface area contributed by atoms with Crippen molar-refractivity contribution in [3.63, 3.8) is 0 Å². The van der Waals surface area contributed by atoms with Gasteiger partial charge in [-0.2, -0.15) is 0 Å². The summed E-state index contributed by atoms with van der Waals surface area (Å²) in [6.45, 7) is 2.05. The molecular formula is C16H18N2O3. The number of non-ortho nitro benzene ring substituents is 1. The molecule has 0 aliphatic heterocycles. The summed E-state index contributed by atoms with van der Waals surface area (Å²) >= 11 is 0. The lowest BCUT2D eigenvalue weighted by molar-refractivity contribution is -0.384. The SMILES string of the molecule is CNC(C)c1ccc(OC)c(-c2cccc([N+](=O)[O-])c2)c1. The number of nitro benzene ring substituents is 1. The molecule has 2 aromatic carbocycles. The number of nitrogens with one attached hydrogen (secondary N) is 1. The lowest BCUT2D eigenvalue weighted by atomic mass is 9.98. The number of rotatable bonds is 5. The monoisotopic (exact) mass is 286 g/mol. The molecule has 0 amide bonds. The van der Waals surface area contributed by atoms with Gasteiger partial charge in [-0.3, -0.25) is 10.1 Å². The van der Waals surface area contributed by atoms with Gasteiger partial charge in [-0.1, -0.05) is 18.2 Å². The van der Waals surface area contributed by atoms with Crippen molar-refractivity contribution < 1.29 is 9.66 Å². The van der Waals surface area contributed by atoms with Crippen LogP contribution in [-0.2, 0) is 0 Å². The summed E-state index contributed by atoms with van der Waals surface area (Å²) in [5.74, 6) is 0.697. The van der Waals surface area contributed by atoms with Gasteiger partial charge in [0.25, 0.3) is 5.69 Å². The quantitative estimate of drug-likeness (QED) is 0.674. The molecule has 1 N–H and O–H groups in total. The number of ether oxygens (including phenoxy) is 1. The van der Waals surface area contributed by atoms with Crippen molar-refractivity contribution in [2.24, 2.45) is 0 Å². The van der Waals surface area contributed by atoms with E-state index in [4.69, 9.17) is 4.74 Å². The van der Waals surface area contributed by atoms with Crippen LogP contribution in [0.15, 0.2) is 42.5 Å². The van der Waals surface area contributed by atoms with E-state index in [0.29, 0.717) is 5.75 Å². The number of benzene rings is 2. The van der Waals surface area contributed by atoms with Gasteiger partial charge < -0.3 is 10.1 Å². The molecule has 5 nitrogen and oxygen atoms in total. The van der Waals surface area contributed by atoms with Gasteiger partial charge in [0.2, 0.25) is 0 Å². The van der Waals surface area contributed by atoms with E-state index in [2.05, 4.69) is 12.2 Å². The highest BCUT2D eigenvalue weighted by atomic mass is 16.6. The summed E-state index contributed by atoms with van der Waals surface area (Å²) < 4.78 is 5.38. The van der Waals surface area contributed by atoms with Crippen LogP contribution < -0.4 is 10.1 Å². The van der Waals surface area contributed by atoms with E-state index < -0.39 is 4.92 Å². The summed E-state index contributed by atoms with van der Waals surface area (Å²) in [5.41, 5.74) is 2.79. The highest BCUT2D eigenvalue weighted by molar-refractivity contribution is 5.73. The lowest BCUT2D eigenvalue weighted by Gasteiger charge is -2.15. The predicted octanol–water partition coefficient (Wildman–Crippen LogP) is 3.55. The molecule has 0 fully saturated rings. The molecule has 0 saturated carbocycles. The predicted molar refractivity (Wildman–Crippen MR) is 82.6 cm³/mol. The van der Waals surface area contributed by atoms with E-state index >= 15 is 0 Å². The van der Waals surface area contributed by atoms with Gasteiger partial charge in [0, 0.05) is 23.7 Å². The Kier molecular flexibility index (Phi) is 4.55. The minimum Gasteiger partial charge on any atom is -0.496 e. The zero-order valence-electron chi connectivity index (χ0n) is 12.3. The number of hydrogen-bond donors (Lipinski definition) is 1. The average Bonchev–Trinajstić information content (AvgIpc) is 2.53. The molecule has 0 radical (unpaired) electrons. The van der Waals surface area contributed by atoms with Crippen LogP contribution in [0.25, 0.3) is 11.1 Å². The largest absolute Gasteiger partial charge is 0.496 e. The number of methoxy groups -OCH3 is 1. The fourth-order valence-corrected chi connectivity index (χ4v) is 2.17. The third-order valence-electron chi connectivity index (χ3n) is 3.52. The van der Waals surface area contributed by atoms with Gasteiger partial charge in [-0.25, -0.2) is 0 Å². The van der Waals surface area contributed by atoms with Gasteiger partial charge in [0.1, 0.15) is 5.75 Å². The number of nitro groups is 1. The zero-order valence-corrected chi connectivity index (χ0v) is 12.3. The lowest BCUT2D eigenvalue weighted by Crippen LogP contribution is -2.12.